The van der Waals surface area contributed by atoms with Crippen LogP contribution in [0.4, 0.5) is 0 Å². The van der Waals surface area contributed by atoms with Gasteiger partial charge in [0.2, 0.25) is 0 Å². The quantitative estimate of drug-likeness (QED) is 0.797. The van der Waals surface area contributed by atoms with Gasteiger partial charge < -0.3 is 9.30 Å². The first-order chi connectivity index (χ1) is 10.2. The SMILES string of the molecule is CCc1nn(C)c2c1nc(CCl)n2CCC1CCCCO1. The maximum atomic E-state index is 6.09. The highest BCUT2D eigenvalue weighted by Gasteiger charge is 2.20. The number of hydrogen-bond donors (Lipinski definition) is 0. The second kappa shape index (κ2) is 6.36. The van der Waals surface area contributed by atoms with Crippen molar-refractivity contribution < 1.29 is 4.74 Å². The van der Waals surface area contributed by atoms with Crippen molar-refractivity contribution >= 4 is 22.8 Å². The van der Waals surface area contributed by atoms with Gasteiger partial charge in [-0.05, 0) is 32.1 Å². The number of imidazole rings is 1. The summed E-state index contributed by atoms with van der Waals surface area (Å²) < 4.78 is 9.97. The Kier molecular flexibility index (Phi) is 4.50. The van der Waals surface area contributed by atoms with Gasteiger partial charge in [-0.3, -0.25) is 4.68 Å². The lowest BCUT2D eigenvalue weighted by Crippen LogP contribution is -2.21. The summed E-state index contributed by atoms with van der Waals surface area (Å²) in [6.45, 7) is 3.90. The Morgan fingerprint density at radius 2 is 2.24 bits per heavy atom. The zero-order chi connectivity index (χ0) is 14.8. The van der Waals surface area contributed by atoms with Crippen molar-refractivity contribution in [1.82, 2.24) is 19.3 Å². The minimum Gasteiger partial charge on any atom is -0.378 e. The van der Waals surface area contributed by atoms with E-state index in [0.29, 0.717) is 12.0 Å². The van der Waals surface area contributed by atoms with Crippen molar-refractivity contribution in [2.75, 3.05) is 6.61 Å². The van der Waals surface area contributed by atoms with Crippen LogP contribution in [-0.2, 0) is 30.6 Å². The third-order valence-electron chi connectivity index (χ3n) is 4.27. The van der Waals surface area contributed by atoms with E-state index >= 15 is 0 Å². The van der Waals surface area contributed by atoms with E-state index in [9.17, 15) is 0 Å². The van der Waals surface area contributed by atoms with Gasteiger partial charge in [0.15, 0.2) is 5.65 Å². The molecular weight excluding hydrogens is 288 g/mol. The van der Waals surface area contributed by atoms with Crippen LogP contribution in [0.15, 0.2) is 0 Å². The minimum atomic E-state index is 0.373. The zero-order valence-corrected chi connectivity index (χ0v) is 13.6. The molecular formula is C15H23ClN4O. The van der Waals surface area contributed by atoms with E-state index in [1.807, 2.05) is 11.7 Å². The van der Waals surface area contributed by atoms with Crippen LogP contribution in [-0.4, -0.2) is 32.0 Å². The summed E-state index contributed by atoms with van der Waals surface area (Å²) in [6, 6.07) is 0. The molecule has 6 heteroatoms. The van der Waals surface area contributed by atoms with Crippen molar-refractivity contribution in [2.45, 2.75) is 57.6 Å². The van der Waals surface area contributed by atoms with Crippen LogP contribution in [0.5, 0.6) is 0 Å². The van der Waals surface area contributed by atoms with Crippen LogP contribution in [0, 0.1) is 0 Å². The standard InChI is InChI=1S/C15H23ClN4O/c1-3-12-14-15(19(2)18-12)20(13(10-16)17-14)8-7-11-6-4-5-9-21-11/h11H,3-10H2,1-2H3. The summed E-state index contributed by atoms with van der Waals surface area (Å²) in [7, 11) is 1.98. The predicted octanol–water partition coefficient (Wildman–Crippen LogP) is 3.03. The van der Waals surface area contributed by atoms with E-state index in [4.69, 9.17) is 21.3 Å². The van der Waals surface area contributed by atoms with Gasteiger partial charge in [-0.1, -0.05) is 6.92 Å². The zero-order valence-electron chi connectivity index (χ0n) is 12.8. The normalized spacial score (nSPS) is 19.5. The van der Waals surface area contributed by atoms with Crippen molar-refractivity contribution in [1.29, 1.82) is 0 Å². The Hall–Kier alpha value is -1.07. The van der Waals surface area contributed by atoms with E-state index in [1.165, 1.54) is 19.3 Å². The van der Waals surface area contributed by atoms with Gasteiger partial charge >= 0.3 is 0 Å². The molecule has 2 aromatic heterocycles. The smallest absolute Gasteiger partial charge is 0.158 e. The molecule has 0 radical (unpaired) electrons. The first-order valence-corrected chi connectivity index (χ1v) is 8.36. The minimum absolute atomic E-state index is 0.373. The second-order valence-electron chi connectivity index (χ2n) is 5.69. The Labute approximate surface area is 130 Å². The lowest BCUT2D eigenvalue weighted by Gasteiger charge is -2.23. The molecule has 5 nitrogen and oxygen atoms in total. The summed E-state index contributed by atoms with van der Waals surface area (Å²) in [5, 5.41) is 4.56. The molecule has 1 aliphatic rings. The largest absolute Gasteiger partial charge is 0.378 e. The van der Waals surface area contributed by atoms with Crippen LogP contribution in [0.25, 0.3) is 11.2 Å². The molecule has 0 spiro atoms. The van der Waals surface area contributed by atoms with Gasteiger partial charge in [0, 0.05) is 20.2 Å². The number of aryl methyl sites for hydroxylation is 3. The molecule has 0 bridgehead atoms. The second-order valence-corrected chi connectivity index (χ2v) is 5.95. The predicted molar refractivity (Wildman–Crippen MR) is 83.6 cm³/mol. The monoisotopic (exact) mass is 310 g/mol. The van der Waals surface area contributed by atoms with Gasteiger partial charge in [-0.15, -0.1) is 11.6 Å². The molecule has 1 fully saturated rings. The highest BCUT2D eigenvalue weighted by atomic mass is 35.5. The van der Waals surface area contributed by atoms with E-state index in [0.717, 1.165) is 48.7 Å². The molecule has 1 aliphatic heterocycles. The highest BCUT2D eigenvalue weighted by molar-refractivity contribution is 6.16. The fraction of sp³-hybridized carbons (Fsp3) is 0.733. The molecule has 3 heterocycles. The van der Waals surface area contributed by atoms with Gasteiger partial charge in [0.25, 0.3) is 0 Å². The molecule has 1 unspecified atom stereocenters. The summed E-state index contributed by atoms with van der Waals surface area (Å²) in [6.07, 6.45) is 5.92. The van der Waals surface area contributed by atoms with Crippen molar-refractivity contribution in [3.05, 3.63) is 11.5 Å². The lowest BCUT2D eigenvalue weighted by atomic mass is 10.1. The van der Waals surface area contributed by atoms with Gasteiger partial charge in [0.1, 0.15) is 11.3 Å². The third-order valence-corrected chi connectivity index (χ3v) is 4.51. The molecule has 0 amide bonds. The van der Waals surface area contributed by atoms with Gasteiger partial charge in [-0.25, -0.2) is 4.98 Å². The molecule has 21 heavy (non-hydrogen) atoms. The summed E-state index contributed by atoms with van der Waals surface area (Å²) in [4.78, 5) is 4.69. The molecule has 1 saturated heterocycles. The highest BCUT2D eigenvalue weighted by Crippen LogP contribution is 2.23. The number of rotatable bonds is 5. The fourth-order valence-electron chi connectivity index (χ4n) is 3.17. The number of nitrogens with zero attached hydrogens (tertiary/aromatic N) is 4. The summed E-state index contributed by atoms with van der Waals surface area (Å²) in [5.41, 5.74) is 3.13. The average Bonchev–Trinajstić information content (AvgIpc) is 3.03. The Morgan fingerprint density at radius 3 is 2.90 bits per heavy atom. The summed E-state index contributed by atoms with van der Waals surface area (Å²) >= 11 is 6.09. The molecule has 0 aliphatic carbocycles. The van der Waals surface area contributed by atoms with Gasteiger partial charge in [-0.2, -0.15) is 5.10 Å². The lowest BCUT2D eigenvalue weighted by molar-refractivity contribution is 0.00885. The Morgan fingerprint density at radius 1 is 1.38 bits per heavy atom. The van der Waals surface area contributed by atoms with Crippen LogP contribution in [0.2, 0.25) is 0 Å². The van der Waals surface area contributed by atoms with E-state index in [2.05, 4.69) is 16.6 Å². The fourth-order valence-corrected chi connectivity index (χ4v) is 3.37. The number of ether oxygens (including phenoxy) is 1. The number of hydrogen-bond acceptors (Lipinski definition) is 3. The van der Waals surface area contributed by atoms with Crippen LogP contribution in [0.3, 0.4) is 0 Å². The summed E-state index contributed by atoms with van der Waals surface area (Å²) in [5.74, 6) is 1.37. The Bertz CT molecular complexity index is 613. The van der Waals surface area contributed by atoms with Crippen molar-refractivity contribution in [2.24, 2.45) is 7.05 Å². The van der Waals surface area contributed by atoms with Gasteiger partial charge in [0.05, 0.1) is 17.7 Å². The molecule has 116 valence electrons. The third kappa shape index (κ3) is 2.81. The number of halogens is 1. The molecule has 1 atom stereocenters. The number of alkyl halides is 1. The van der Waals surface area contributed by atoms with E-state index < -0.39 is 0 Å². The maximum Gasteiger partial charge on any atom is 0.158 e. The molecule has 0 aromatic carbocycles. The number of aromatic nitrogens is 4. The number of fused-ring (bicyclic) bond motifs is 1. The molecule has 0 saturated carbocycles. The first kappa shape index (κ1) is 14.9. The van der Waals surface area contributed by atoms with Crippen LogP contribution >= 0.6 is 11.6 Å². The average molecular weight is 311 g/mol. The van der Waals surface area contributed by atoms with Crippen LogP contribution < -0.4 is 0 Å². The van der Waals surface area contributed by atoms with E-state index in [1.54, 1.807) is 0 Å². The molecule has 0 N–H and O–H groups in total. The molecule has 2 aromatic rings. The van der Waals surface area contributed by atoms with Crippen molar-refractivity contribution in [3.8, 4) is 0 Å². The van der Waals surface area contributed by atoms with Crippen LogP contribution in [0.1, 0.15) is 44.1 Å². The van der Waals surface area contributed by atoms with Crippen molar-refractivity contribution in [3.63, 3.8) is 0 Å². The topological polar surface area (TPSA) is 44.9 Å². The Balaban J connectivity index is 1.87. The molecule has 3 rings (SSSR count). The maximum absolute atomic E-state index is 6.09. The van der Waals surface area contributed by atoms with E-state index in [-0.39, 0.29) is 0 Å². The first-order valence-electron chi connectivity index (χ1n) is 7.83.